The van der Waals surface area contributed by atoms with Gasteiger partial charge in [0.1, 0.15) is 0 Å². The number of fused-ring (bicyclic) bond motifs is 2. The third-order valence-corrected chi connectivity index (χ3v) is 8.71. The second-order valence-corrected chi connectivity index (χ2v) is 12.6. The summed E-state index contributed by atoms with van der Waals surface area (Å²) in [4.78, 5) is 8.84. The molecule has 1 aliphatic heterocycles. The lowest BCUT2D eigenvalue weighted by atomic mass is 9.79. The van der Waals surface area contributed by atoms with Gasteiger partial charge in [0.15, 0.2) is 0 Å². The predicted octanol–water partition coefficient (Wildman–Crippen LogP) is 7.23. The molecule has 4 aromatic carbocycles. The predicted molar refractivity (Wildman–Crippen MR) is 174 cm³/mol. The van der Waals surface area contributed by atoms with Crippen molar-refractivity contribution in [3.63, 3.8) is 0 Å². The summed E-state index contributed by atoms with van der Waals surface area (Å²) in [6, 6.07) is 33.2. The fourth-order valence-corrected chi connectivity index (χ4v) is 5.28. The van der Waals surface area contributed by atoms with E-state index in [0.29, 0.717) is 0 Å². The number of para-hydroxylation sites is 4. The van der Waals surface area contributed by atoms with Crippen LogP contribution in [-0.2, 0) is 22.4 Å². The minimum atomic E-state index is -0.313. The maximum Gasteiger partial charge on any atom is 0.494 e. The molecule has 1 aliphatic rings. The quantitative estimate of drug-likeness (QED) is 0.191. The molecule has 6 aromatic rings. The Balaban J connectivity index is 0.000000162. The van der Waals surface area contributed by atoms with Crippen LogP contribution in [0.1, 0.15) is 38.8 Å². The third kappa shape index (κ3) is 5.93. The van der Waals surface area contributed by atoms with Crippen LogP contribution in [0.2, 0.25) is 0 Å². The van der Waals surface area contributed by atoms with E-state index < -0.39 is 0 Å². The molecular weight excluding hydrogens is 587 g/mol. The van der Waals surface area contributed by atoms with E-state index in [0.717, 1.165) is 39.6 Å². The van der Waals surface area contributed by atoms with Gasteiger partial charge in [-0.3, -0.25) is 0 Å². The first-order valence-electron chi connectivity index (χ1n) is 14.2. The number of nitrogens with zero attached hydrogens (tertiary/aromatic N) is 4. The van der Waals surface area contributed by atoms with Crippen LogP contribution >= 0.6 is 15.9 Å². The molecule has 0 atom stereocenters. The smallest absolute Gasteiger partial charge is 0.399 e. The molecule has 3 heterocycles. The van der Waals surface area contributed by atoms with E-state index >= 15 is 0 Å². The number of imidazole rings is 2. The Morgan fingerprint density at radius 1 is 0.619 bits per heavy atom. The molecule has 0 amide bonds. The highest BCUT2D eigenvalue weighted by molar-refractivity contribution is 9.10. The third-order valence-electron chi connectivity index (χ3n) is 8.18. The van der Waals surface area contributed by atoms with Gasteiger partial charge in [-0.15, -0.1) is 0 Å². The van der Waals surface area contributed by atoms with Gasteiger partial charge in [0.25, 0.3) is 0 Å². The van der Waals surface area contributed by atoms with Crippen molar-refractivity contribution < 1.29 is 9.31 Å². The summed E-state index contributed by atoms with van der Waals surface area (Å²) < 4.78 is 17.7. The average Bonchev–Trinajstić information content (AvgIpc) is 3.64. The van der Waals surface area contributed by atoms with Crippen molar-refractivity contribution >= 4 is 50.6 Å². The summed E-state index contributed by atoms with van der Waals surface area (Å²) in [6.45, 7) is 9.95. The normalized spacial score (nSPS) is 15.6. The number of rotatable bonds is 5. The first kappa shape index (κ1) is 28.4. The molecule has 42 heavy (non-hydrogen) atoms. The van der Waals surface area contributed by atoms with Crippen molar-refractivity contribution in [2.45, 2.75) is 52.0 Å². The maximum absolute atomic E-state index is 6.12. The molecule has 0 radical (unpaired) electrons. The standard InChI is InChI=1S/C20H23BN2O2.C14H11BrN2/c1-19(2)20(3,4)25-21(24-19)16-11-9-15(10-12-16)13-23-14-22-17-7-5-6-8-18(17)23;15-12-7-5-11(6-8-12)9-17-10-16-13-3-1-2-4-14(13)17/h5-12,14H,13H2,1-4H3;1-8,10H,9H2. The molecule has 0 aliphatic carbocycles. The van der Waals surface area contributed by atoms with E-state index in [1.807, 2.05) is 49.1 Å². The molecular formula is C34H34BBrN4O2. The number of hydrogen-bond donors (Lipinski definition) is 0. The summed E-state index contributed by atoms with van der Waals surface area (Å²) in [5, 5.41) is 0. The fourth-order valence-electron chi connectivity index (χ4n) is 5.02. The summed E-state index contributed by atoms with van der Waals surface area (Å²) >= 11 is 3.44. The van der Waals surface area contributed by atoms with Crippen LogP contribution in [-0.4, -0.2) is 37.4 Å². The summed E-state index contributed by atoms with van der Waals surface area (Å²) in [6.07, 6.45) is 3.79. The van der Waals surface area contributed by atoms with E-state index in [9.17, 15) is 0 Å². The topological polar surface area (TPSA) is 54.1 Å². The number of aromatic nitrogens is 4. The Labute approximate surface area is 255 Å². The van der Waals surface area contributed by atoms with E-state index in [1.165, 1.54) is 16.6 Å². The van der Waals surface area contributed by atoms with Crippen molar-refractivity contribution in [1.82, 2.24) is 19.1 Å². The van der Waals surface area contributed by atoms with Crippen LogP contribution in [0.25, 0.3) is 22.1 Å². The van der Waals surface area contributed by atoms with Crippen LogP contribution in [0.15, 0.2) is 114 Å². The Kier molecular flexibility index (Phi) is 7.79. The molecule has 1 fully saturated rings. The molecule has 0 spiro atoms. The fraction of sp³-hybridized carbons (Fsp3) is 0.235. The molecule has 212 valence electrons. The Morgan fingerprint density at radius 2 is 1.05 bits per heavy atom. The zero-order chi connectivity index (χ0) is 29.3. The molecule has 0 N–H and O–H groups in total. The van der Waals surface area contributed by atoms with Gasteiger partial charge in [-0.1, -0.05) is 76.6 Å². The summed E-state index contributed by atoms with van der Waals surface area (Å²) in [5.41, 5.74) is 7.32. The van der Waals surface area contributed by atoms with Gasteiger partial charge in [-0.25, -0.2) is 9.97 Å². The highest BCUT2D eigenvalue weighted by Crippen LogP contribution is 2.36. The Bertz CT molecular complexity index is 1790. The van der Waals surface area contributed by atoms with Crippen LogP contribution in [0.4, 0.5) is 0 Å². The van der Waals surface area contributed by atoms with Crippen LogP contribution in [0.5, 0.6) is 0 Å². The lowest BCUT2D eigenvalue weighted by Crippen LogP contribution is -2.41. The zero-order valence-corrected chi connectivity index (χ0v) is 26.0. The Morgan fingerprint density at radius 3 is 1.52 bits per heavy atom. The molecule has 0 unspecified atom stereocenters. The number of benzene rings is 4. The second-order valence-electron chi connectivity index (χ2n) is 11.7. The van der Waals surface area contributed by atoms with Crippen molar-refractivity contribution in [3.05, 3.63) is 125 Å². The molecule has 6 nitrogen and oxygen atoms in total. The first-order valence-corrected chi connectivity index (χ1v) is 15.0. The highest BCUT2D eigenvalue weighted by atomic mass is 79.9. The van der Waals surface area contributed by atoms with Crippen molar-refractivity contribution in [3.8, 4) is 0 Å². The van der Waals surface area contributed by atoms with Gasteiger partial charge in [0.2, 0.25) is 0 Å². The van der Waals surface area contributed by atoms with Gasteiger partial charge in [0, 0.05) is 17.6 Å². The number of hydrogen-bond acceptors (Lipinski definition) is 4. The van der Waals surface area contributed by atoms with E-state index in [1.54, 1.807) is 0 Å². The SMILES string of the molecule is Brc1ccc(Cn2cnc3ccccc32)cc1.CC1(C)OB(c2ccc(Cn3cnc4ccccc43)cc2)OC1(C)C. The minimum Gasteiger partial charge on any atom is -0.399 e. The molecule has 1 saturated heterocycles. The lowest BCUT2D eigenvalue weighted by Gasteiger charge is -2.32. The molecule has 0 saturated carbocycles. The largest absolute Gasteiger partial charge is 0.494 e. The molecule has 2 aromatic heterocycles. The van der Waals surface area contributed by atoms with E-state index in [2.05, 4.69) is 123 Å². The van der Waals surface area contributed by atoms with Crippen molar-refractivity contribution in [2.24, 2.45) is 0 Å². The van der Waals surface area contributed by atoms with Crippen molar-refractivity contribution in [1.29, 1.82) is 0 Å². The van der Waals surface area contributed by atoms with E-state index in [-0.39, 0.29) is 18.3 Å². The van der Waals surface area contributed by atoms with E-state index in [4.69, 9.17) is 9.31 Å². The van der Waals surface area contributed by atoms with Crippen LogP contribution in [0.3, 0.4) is 0 Å². The Hall–Kier alpha value is -3.72. The van der Waals surface area contributed by atoms with Gasteiger partial charge >= 0.3 is 7.12 Å². The average molecular weight is 621 g/mol. The highest BCUT2D eigenvalue weighted by Gasteiger charge is 2.51. The monoisotopic (exact) mass is 620 g/mol. The molecule has 8 heteroatoms. The first-order chi connectivity index (χ1) is 20.2. The van der Waals surface area contributed by atoms with Gasteiger partial charge < -0.3 is 18.4 Å². The summed E-state index contributed by atoms with van der Waals surface area (Å²) in [7, 11) is -0.312. The molecule has 0 bridgehead atoms. The maximum atomic E-state index is 6.12. The zero-order valence-electron chi connectivity index (χ0n) is 24.4. The second kappa shape index (κ2) is 11.5. The van der Waals surface area contributed by atoms with Crippen LogP contribution in [0, 0.1) is 0 Å². The van der Waals surface area contributed by atoms with Crippen molar-refractivity contribution in [2.75, 3.05) is 0 Å². The number of halogens is 1. The lowest BCUT2D eigenvalue weighted by molar-refractivity contribution is 0.00578. The molecule has 7 rings (SSSR count). The van der Waals surface area contributed by atoms with Gasteiger partial charge in [0.05, 0.1) is 45.9 Å². The summed E-state index contributed by atoms with van der Waals surface area (Å²) in [5.74, 6) is 0. The van der Waals surface area contributed by atoms with Gasteiger partial charge in [-0.05, 0) is 80.7 Å². The van der Waals surface area contributed by atoms with Crippen LogP contribution < -0.4 is 5.46 Å². The minimum absolute atomic E-state index is 0.312. The van der Waals surface area contributed by atoms with Gasteiger partial charge in [-0.2, -0.15) is 0 Å².